The summed E-state index contributed by atoms with van der Waals surface area (Å²) in [6, 6.07) is 16.2. The maximum absolute atomic E-state index is 12.5. The van der Waals surface area contributed by atoms with E-state index in [-0.39, 0.29) is 32.0 Å². The number of fused-ring (bicyclic) bond motifs is 3. The van der Waals surface area contributed by atoms with Crippen molar-refractivity contribution in [3.63, 3.8) is 0 Å². The third-order valence-electron chi connectivity index (χ3n) is 5.65. The van der Waals surface area contributed by atoms with Gasteiger partial charge in [-0.15, -0.1) is 6.58 Å². The van der Waals surface area contributed by atoms with Gasteiger partial charge < -0.3 is 24.8 Å². The number of nitrogens with zero attached hydrogens (tertiary/aromatic N) is 1. The van der Waals surface area contributed by atoms with E-state index in [0.29, 0.717) is 6.61 Å². The van der Waals surface area contributed by atoms with Gasteiger partial charge in [0.25, 0.3) is 0 Å². The Labute approximate surface area is 199 Å². The Bertz CT molecular complexity index is 992. The number of carboxylic acids is 1. The Kier molecular flexibility index (Phi) is 8.81. The Morgan fingerprint density at radius 3 is 2.29 bits per heavy atom. The number of benzene rings is 2. The largest absolute Gasteiger partial charge is 0.480 e. The van der Waals surface area contributed by atoms with E-state index in [0.717, 1.165) is 22.3 Å². The van der Waals surface area contributed by atoms with Gasteiger partial charge in [-0.2, -0.15) is 0 Å². The number of carbonyl (C=O) groups is 3. The molecule has 2 aromatic rings. The van der Waals surface area contributed by atoms with Crippen LogP contribution in [0.25, 0.3) is 11.1 Å². The van der Waals surface area contributed by atoms with Gasteiger partial charge in [-0.05, 0) is 29.2 Å². The molecule has 0 aromatic heterocycles. The standard InChI is InChI=1S/C26H30N2O6/c1-3-13-28(16-25(30)31)24(29)14-18(33-4-2)15-27-26(32)34-17-23-21-11-7-5-9-19(21)20-10-6-8-12-22(20)23/h3,5-12,18,23H,1,4,13-17H2,2H3,(H,27,32)(H,30,31). The first-order valence-electron chi connectivity index (χ1n) is 11.3. The fourth-order valence-corrected chi connectivity index (χ4v) is 4.17. The van der Waals surface area contributed by atoms with Gasteiger partial charge in [-0.25, -0.2) is 4.79 Å². The average Bonchev–Trinajstić information content (AvgIpc) is 3.14. The van der Waals surface area contributed by atoms with Crippen LogP contribution in [0.1, 0.15) is 30.4 Å². The molecule has 1 atom stereocenters. The third-order valence-corrected chi connectivity index (χ3v) is 5.65. The Morgan fingerprint density at radius 1 is 1.12 bits per heavy atom. The van der Waals surface area contributed by atoms with E-state index in [1.165, 1.54) is 11.0 Å². The van der Waals surface area contributed by atoms with Crippen molar-refractivity contribution in [2.75, 3.05) is 32.8 Å². The highest BCUT2D eigenvalue weighted by atomic mass is 16.5. The topological polar surface area (TPSA) is 105 Å². The van der Waals surface area contributed by atoms with E-state index in [2.05, 4.69) is 24.0 Å². The zero-order valence-corrected chi connectivity index (χ0v) is 19.2. The number of amides is 2. The lowest BCUT2D eigenvalue weighted by Crippen LogP contribution is -2.41. The van der Waals surface area contributed by atoms with Crippen molar-refractivity contribution in [1.82, 2.24) is 10.2 Å². The van der Waals surface area contributed by atoms with E-state index >= 15 is 0 Å². The number of nitrogens with one attached hydrogen (secondary N) is 1. The van der Waals surface area contributed by atoms with Gasteiger partial charge in [0, 0.05) is 25.6 Å². The highest BCUT2D eigenvalue weighted by Crippen LogP contribution is 2.44. The summed E-state index contributed by atoms with van der Waals surface area (Å²) in [7, 11) is 0. The molecule has 0 fully saturated rings. The Balaban J connectivity index is 1.55. The van der Waals surface area contributed by atoms with E-state index in [1.807, 2.05) is 36.4 Å². The summed E-state index contributed by atoms with van der Waals surface area (Å²) in [5.41, 5.74) is 4.53. The fraction of sp³-hybridized carbons (Fsp3) is 0.346. The Morgan fingerprint density at radius 2 is 1.74 bits per heavy atom. The summed E-state index contributed by atoms with van der Waals surface area (Å²) in [5.74, 6) is -1.55. The monoisotopic (exact) mass is 466 g/mol. The molecule has 2 aromatic carbocycles. The minimum Gasteiger partial charge on any atom is -0.480 e. The van der Waals surface area contributed by atoms with Gasteiger partial charge in [-0.3, -0.25) is 9.59 Å². The number of hydrogen-bond donors (Lipinski definition) is 2. The van der Waals surface area contributed by atoms with E-state index in [4.69, 9.17) is 14.6 Å². The number of rotatable bonds is 12. The number of alkyl carbamates (subject to hydrolysis) is 1. The zero-order chi connectivity index (χ0) is 24.5. The minimum atomic E-state index is -1.11. The van der Waals surface area contributed by atoms with Crippen LogP contribution in [0.2, 0.25) is 0 Å². The van der Waals surface area contributed by atoms with Crippen LogP contribution in [0, 0.1) is 0 Å². The maximum Gasteiger partial charge on any atom is 0.407 e. The molecule has 8 nitrogen and oxygen atoms in total. The first kappa shape index (κ1) is 25.0. The van der Waals surface area contributed by atoms with Crippen LogP contribution in [-0.4, -0.2) is 66.9 Å². The molecule has 0 saturated carbocycles. The number of aliphatic carboxylic acids is 1. The zero-order valence-electron chi connectivity index (χ0n) is 19.2. The molecule has 180 valence electrons. The number of carboxylic acid groups (broad SMARTS) is 1. The fourth-order valence-electron chi connectivity index (χ4n) is 4.17. The normalized spacial score (nSPS) is 12.9. The van der Waals surface area contributed by atoms with Crippen LogP contribution >= 0.6 is 0 Å². The first-order valence-corrected chi connectivity index (χ1v) is 11.3. The van der Waals surface area contributed by atoms with Crippen LogP contribution in [0.15, 0.2) is 61.2 Å². The summed E-state index contributed by atoms with van der Waals surface area (Å²) in [5, 5.41) is 11.7. The smallest absolute Gasteiger partial charge is 0.407 e. The molecule has 0 bridgehead atoms. The van der Waals surface area contributed by atoms with Crippen molar-refractivity contribution >= 4 is 18.0 Å². The van der Waals surface area contributed by atoms with Crippen LogP contribution in [0.4, 0.5) is 4.79 Å². The summed E-state index contributed by atoms with van der Waals surface area (Å²) < 4.78 is 11.1. The second-order valence-electron chi connectivity index (χ2n) is 7.94. The van der Waals surface area contributed by atoms with Crippen molar-refractivity contribution in [3.8, 4) is 11.1 Å². The first-order chi connectivity index (χ1) is 16.4. The summed E-state index contributed by atoms with van der Waals surface area (Å²) in [4.78, 5) is 37.1. The minimum absolute atomic E-state index is 0.0501. The van der Waals surface area contributed by atoms with E-state index in [9.17, 15) is 14.4 Å². The predicted octanol–water partition coefficient (Wildman–Crippen LogP) is 3.42. The lowest BCUT2D eigenvalue weighted by Gasteiger charge is -2.23. The molecule has 34 heavy (non-hydrogen) atoms. The molecule has 8 heteroatoms. The molecule has 0 saturated heterocycles. The van der Waals surface area contributed by atoms with Gasteiger partial charge >= 0.3 is 12.1 Å². The molecule has 2 N–H and O–H groups in total. The van der Waals surface area contributed by atoms with Gasteiger partial charge in [0.15, 0.2) is 0 Å². The van der Waals surface area contributed by atoms with Crippen molar-refractivity contribution in [2.24, 2.45) is 0 Å². The second kappa shape index (κ2) is 12.0. The SMILES string of the molecule is C=CCN(CC(=O)O)C(=O)CC(CNC(=O)OCC1c2ccccc2-c2ccccc21)OCC. The van der Waals surface area contributed by atoms with Crippen molar-refractivity contribution in [2.45, 2.75) is 25.4 Å². The number of hydrogen-bond acceptors (Lipinski definition) is 5. The lowest BCUT2D eigenvalue weighted by molar-refractivity contribution is -0.145. The van der Waals surface area contributed by atoms with E-state index < -0.39 is 30.6 Å². The molecule has 0 aliphatic heterocycles. The molecule has 1 unspecified atom stereocenters. The van der Waals surface area contributed by atoms with Crippen LogP contribution in [0.3, 0.4) is 0 Å². The molecule has 0 heterocycles. The molecule has 1 aliphatic rings. The third kappa shape index (κ3) is 6.23. The van der Waals surface area contributed by atoms with Crippen molar-refractivity contribution < 1.29 is 29.0 Å². The highest BCUT2D eigenvalue weighted by molar-refractivity contribution is 5.82. The maximum atomic E-state index is 12.5. The summed E-state index contributed by atoms with van der Waals surface area (Å²) >= 11 is 0. The molecule has 0 spiro atoms. The molecule has 3 rings (SSSR count). The van der Waals surface area contributed by atoms with Gasteiger partial charge in [0.1, 0.15) is 13.2 Å². The second-order valence-corrected chi connectivity index (χ2v) is 7.94. The number of ether oxygens (including phenoxy) is 2. The lowest BCUT2D eigenvalue weighted by atomic mass is 9.98. The van der Waals surface area contributed by atoms with Crippen LogP contribution in [0.5, 0.6) is 0 Å². The predicted molar refractivity (Wildman–Crippen MR) is 128 cm³/mol. The van der Waals surface area contributed by atoms with Gasteiger partial charge in [-0.1, -0.05) is 54.6 Å². The quantitative estimate of drug-likeness (QED) is 0.465. The Hall–Kier alpha value is -3.65. The van der Waals surface area contributed by atoms with Crippen molar-refractivity contribution in [1.29, 1.82) is 0 Å². The summed E-state index contributed by atoms with van der Waals surface area (Å²) in [6.07, 6.45) is 0.177. The highest BCUT2D eigenvalue weighted by Gasteiger charge is 2.29. The molecule has 2 amide bonds. The van der Waals surface area contributed by atoms with Crippen molar-refractivity contribution in [3.05, 3.63) is 72.3 Å². The molecular formula is C26H30N2O6. The summed E-state index contributed by atoms with van der Waals surface area (Å²) in [6.45, 7) is 5.61. The molecule has 1 aliphatic carbocycles. The van der Waals surface area contributed by atoms with Gasteiger partial charge in [0.2, 0.25) is 5.91 Å². The number of carbonyl (C=O) groups excluding carboxylic acids is 2. The molecule has 0 radical (unpaired) electrons. The van der Waals surface area contributed by atoms with Crippen LogP contribution in [-0.2, 0) is 19.1 Å². The van der Waals surface area contributed by atoms with Crippen LogP contribution < -0.4 is 5.32 Å². The molecular weight excluding hydrogens is 436 g/mol. The van der Waals surface area contributed by atoms with Gasteiger partial charge in [0.05, 0.1) is 12.5 Å². The van der Waals surface area contributed by atoms with E-state index in [1.54, 1.807) is 6.92 Å². The average molecular weight is 467 g/mol.